The summed E-state index contributed by atoms with van der Waals surface area (Å²) in [5.74, 6) is -2.15. The fraction of sp³-hybridized carbons (Fsp3) is 0.286. The highest BCUT2D eigenvalue weighted by atomic mass is 32.2. The number of hydrogen-bond acceptors (Lipinski definition) is 6. The van der Waals surface area contributed by atoms with Crippen molar-refractivity contribution in [1.82, 2.24) is 5.32 Å². The lowest BCUT2D eigenvalue weighted by Crippen LogP contribution is -2.45. The van der Waals surface area contributed by atoms with Gasteiger partial charge in [-0.25, -0.2) is 18.4 Å². The Labute approximate surface area is 181 Å². The van der Waals surface area contributed by atoms with Crippen molar-refractivity contribution >= 4 is 33.5 Å². The number of anilines is 1. The van der Waals surface area contributed by atoms with Gasteiger partial charge in [-0.1, -0.05) is 38.1 Å². The van der Waals surface area contributed by atoms with Crippen molar-refractivity contribution in [3.05, 3.63) is 59.7 Å². The quantitative estimate of drug-likeness (QED) is 0.524. The Bertz CT molecular complexity index is 1070. The number of benzene rings is 2. The number of rotatable bonds is 8. The van der Waals surface area contributed by atoms with Crippen molar-refractivity contribution in [2.75, 3.05) is 11.9 Å². The second-order valence-electron chi connectivity index (χ2n) is 7.24. The maximum atomic E-state index is 12.4. The van der Waals surface area contributed by atoms with Crippen LogP contribution in [0.5, 0.6) is 0 Å². The van der Waals surface area contributed by atoms with E-state index in [2.05, 4.69) is 10.6 Å². The summed E-state index contributed by atoms with van der Waals surface area (Å²) >= 11 is 0. The van der Waals surface area contributed by atoms with Gasteiger partial charge >= 0.3 is 5.97 Å². The molecule has 0 heterocycles. The van der Waals surface area contributed by atoms with Crippen LogP contribution in [0.2, 0.25) is 0 Å². The Morgan fingerprint density at radius 3 is 2.29 bits per heavy atom. The number of sulfonamides is 1. The second-order valence-corrected chi connectivity index (χ2v) is 8.77. The number of esters is 1. The second kappa shape index (κ2) is 10.2. The van der Waals surface area contributed by atoms with Crippen molar-refractivity contribution in [2.24, 2.45) is 11.1 Å². The smallest absolute Gasteiger partial charge is 0.329 e. The molecule has 0 spiro atoms. The molecule has 10 heteroatoms. The van der Waals surface area contributed by atoms with Gasteiger partial charge in [-0.2, -0.15) is 0 Å². The topological polar surface area (TPSA) is 145 Å². The van der Waals surface area contributed by atoms with E-state index in [0.29, 0.717) is 11.1 Å². The molecular formula is C21H25N3O6S. The summed E-state index contributed by atoms with van der Waals surface area (Å²) in [6, 6.07) is 11.7. The lowest BCUT2D eigenvalue weighted by Gasteiger charge is -2.20. The minimum Gasteiger partial charge on any atom is -0.454 e. The number of carbonyl (C=O) groups excluding carboxylic acids is 3. The zero-order chi connectivity index (χ0) is 23.2. The first kappa shape index (κ1) is 24.0. The zero-order valence-electron chi connectivity index (χ0n) is 17.4. The molecule has 0 saturated carbocycles. The summed E-state index contributed by atoms with van der Waals surface area (Å²) in [5.41, 5.74) is 1.01. The highest BCUT2D eigenvalue weighted by Crippen LogP contribution is 2.19. The van der Waals surface area contributed by atoms with E-state index in [1.807, 2.05) is 0 Å². The molecule has 0 fully saturated rings. The Kier molecular flexibility index (Phi) is 7.89. The van der Waals surface area contributed by atoms with Crippen LogP contribution in [0.4, 0.5) is 5.69 Å². The van der Waals surface area contributed by atoms with Gasteiger partial charge in [-0.15, -0.1) is 0 Å². The van der Waals surface area contributed by atoms with E-state index in [0.717, 1.165) is 0 Å². The summed E-state index contributed by atoms with van der Waals surface area (Å²) in [5, 5.41) is 10.2. The van der Waals surface area contributed by atoms with Crippen LogP contribution in [-0.4, -0.2) is 38.9 Å². The normalized spacial score (nSPS) is 12.2. The third kappa shape index (κ3) is 6.90. The predicted molar refractivity (Wildman–Crippen MR) is 115 cm³/mol. The summed E-state index contributed by atoms with van der Waals surface area (Å²) < 4.78 is 28.2. The summed E-state index contributed by atoms with van der Waals surface area (Å²) in [7, 11) is -3.95. The summed E-state index contributed by atoms with van der Waals surface area (Å²) in [4.78, 5) is 36.8. The van der Waals surface area contributed by atoms with Gasteiger partial charge in [-0.3, -0.25) is 9.59 Å². The van der Waals surface area contributed by atoms with Gasteiger partial charge in [0.15, 0.2) is 6.61 Å². The Morgan fingerprint density at radius 2 is 1.71 bits per heavy atom. The van der Waals surface area contributed by atoms with Gasteiger partial charge in [0.1, 0.15) is 6.04 Å². The molecule has 0 aromatic heterocycles. The molecule has 2 rings (SSSR count). The first-order valence-electron chi connectivity index (χ1n) is 9.45. The molecule has 0 aliphatic carbocycles. The standard InChI is InChI=1S/C21H25N3O6S/c1-13(2)19(24-20(26)15-7-5-4-6-8-15)21(27)30-12-18(25)23-16-10-9-14(3)17(11-16)31(22,28)29/h4-11,13,19H,12H2,1-3H3,(H,23,25)(H,24,26)(H2,22,28,29)/t19-/m0/s1. The van der Waals surface area contributed by atoms with Crippen molar-refractivity contribution in [3.8, 4) is 0 Å². The Balaban J connectivity index is 1.98. The minimum absolute atomic E-state index is 0.120. The highest BCUT2D eigenvalue weighted by Gasteiger charge is 2.26. The number of aryl methyl sites for hydroxylation is 1. The first-order valence-corrected chi connectivity index (χ1v) is 11.0. The van der Waals surface area contributed by atoms with Crippen LogP contribution in [0.3, 0.4) is 0 Å². The summed E-state index contributed by atoms with van der Waals surface area (Å²) in [6.07, 6.45) is 0. The average Bonchev–Trinajstić information content (AvgIpc) is 2.71. The zero-order valence-corrected chi connectivity index (χ0v) is 18.2. The molecular weight excluding hydrogens is 422 g/mol. The SMILES string of the molecule is Cc1ccc(NC(=O)COC(=O)[C@@H](NC(=O)c2ccccc2)C(C)C)cc1S(N)(=O)=O. The van der Waals surface area contributed by atoms with Crippen LogP contribution < -0.4 is 15.8 Å². The number of ether oxygens (including phenoxy) is 1. The Hall–Kier alpha value is -3.24. The molecule has 2 aromatic rings. The van der Waals surface area contributed by atoms with Crippen LogP contribution in [0.25, 0.3) is 0 Å². The molecule has 0 aliphatic heterocycles. The van der Waals surface area contributed by atoms with Gasteiger partial charge < -0.3 is 15.4 Å². The number of nitrogens with two attached hydrogens (primary N) is 1. The first-order chi connectivity index (χ1) is 14.5. The van der Waals surface area contributed by atoms with Crippen LogP contribution in [0, 0.1) is 12.8 Å². The van der Waals surface area contributed by atoms with E-state index in [9.17, 15) is 22.8 Å². The molecule has 0 saturated heterocycles. The van der Waals surface area contributed by atoms with E-state index in [-0.39, 0.29) is 16.5 Å². The monoisotopic (exact) mass is 447 g/mol. The molecule has 4 N–H and O–H groups in total. The van der Waals surface area contributed by atoms with Crippen LogP contribution in [0.1, 0.15) is 29.8 Å². The molecule has 1 atom stereocenters. The van der Waals surface area contributed by atoms with Gasteiger partial charge in [0.2, 0.25) is 10.0 Å². The van der Waals surface area contributed by atoms with E-state index < -0.39 is 40.5 Å². The highest BCUT2D eigenvalue weighted by molar-refractivity contribution is 7.89. The number of hydrogen-bond donors (Lipinski definition) is 3. The fourth-order valence-electron chi connectivity index (χ4n) is 2.72. The third-order valence-electron chi connectivity index (χ3n) is 4.37. The summed E-state index contributed by atoms with van der Waals surface area (Å²) in [6.45, 7) is 4.43. The van der Waals surface area contributed by atoms with E-state index in [1.54, 1.807) is 51.1 Å². The van der Waals surface area contributed by atoms with E-state index in [4.69, 9.17) is 9.88 Å². The minimum atomic E-state index is -3.95. The lowest BCUT2D eigenvalue weighted by molar-refractivity contribution is -0.150. The third-order valence-corrected chi connectivity index (χ3v) is 5.42. The van der Waals surface area contributed by atoms with Crippen LogP contribution >= 0.6 is 0 Å². The molecule has 166 valence electrons. The van der Waals surface area contributed by atoms with Gasteiger partial charge in [-0.05, 0) is 42.7 Å². The maximum absolute atomic E-state index is 12.4. The molecule has 0 radical (unpaired) electrons. The van der Waals surface area contributed by atoms with Crippen LogP contribution in [0.15, 0.2) is 53.4 Å². The van der Waals surface area contributed by atoms with Gasteiger partial charge in [0, 0.05) is 11.3 Å². The number of amides is 2. The van der Waals surface area contributed by atoms with Gasteiger partial charge in [0.05, 0.1) is 4.90 Å². The molecule has 2 aromatic carbocycles. The molecule has 31 heavy (non-hydrogen) atoms. The number of primary sulfonamides is 1. The van der Waals surface area contributed by atoms with Crippen molar-refractivity contribution in [3.63, 3.8) is 0 Å². The van der Waals surface area contributed by atoms with Crippen molar-refractivity contribution in [1.29, 1.82) is 0 Å². The maximum Gasteiger partial charge on any atom is 0.329 e. The van der Waals surface area contributed by atoms with Gasteiger partial charge in [0.25, 0.3) is 11.8 Å². The van der Waals surface area contributed by atoms with E-state index in [1.165, 1.54) is 18.2 Å². The van der Waals surface area contributed by atoms with Crippen LogP contribution in [-0.2, 0) is 24.3 Å². The van der Waals surface area contributed by atoms with E-state index >= 15 is 0 Å². The molecule has 9 nitrogen and oxygen atoms in total. The largest absolute Gasteiger partial charge is 0.454 e. The van der Waals surface area contributed by atoms with Crippen molar-refractivity contribution in [2.45, 2.75) is 31.7 Å². The molecule has 0 bridgehead atoms. The number of carbonyl (C=O) groups is 3. The molecule has 0 aliphatic rings. The number of nitrogens with one attached hydrogen (secondary N) is 2. The lowest BCUT2D eigenvalue weighted by atomic mass is 10.0. The van der Waals surface area contributed by atoms with Crippen molar-refractivity contribution < 1.29 is 27.5 Å². The fourth-order valence-corrected chi connectivity index (χ4v) is 3.53. The molecule has 2 amide bonds. The average molecular weight is 448 g/mol. The molecule has 0 unspecified atom stereocenters. The Morgan fingerprint density at radius 1 is 1.06 bits per heavy atom. The predicted octanol–water partition coefficient (Wildman–Crippen LogP) is 1.58.